The molecule has 0 atom stereocenters. The van der Waals surface area contributed by atoms with Gasteiger partial charge in [0.1, 0.15) is 5.75 Å². The molecule has 1 aliphatic rings. The lowest BCUT2D eigenvalue weighted by molar-refractivity contribution is 0.0746. The van der Waals surface area contributed by atoms with Crippen LogP contribution in [-0.2, 0) is 0 Å². The minimum atomic E-state index is -0.000110. The maximum Gasteiger partial charge on any atom is 0.256 e. The highest BCUT2D eigenvalue weighted by Crippen LogP contribution is 2.22. The van der Waals surface area contributed by atoms with Gasteiger partial charge in [-0.15, -0.1) is 5.10 Å². The van der Waals surface area contributed by atoms with E-state index in [9.17, 15) is 4.79 Å². The molecule has 4 rings (SSSR count). The highest BCUT2D eigenvalue weighted by atomic mass is 16.5. The molecule has 28 heavy (non-hydrogen) atoms. The molecule has 0 bridgehead atoms. The van der Waals surface area contributed by atoms with Crippen LogP contribution in [0.4, 0.5) is 5.69 Å². The van der Waals surface area contributed by atoms with Crippen LogP contribution in [0.2, 0.25) is 0 Å². The summed E-state index contributed by atoms with van der Waals surface area (Å²) in [6, 6.07) is 15.4. The number of nitrogens with zero attached hydrogens (tertiary/aromatic N) is 6. The van der Waals surface area contributed by atoms with Crippen molar-refractivity contribution in [2.24, 2.45) is 0 Å². The zero-order valence-corrected chi connectivity index (χ0v) is 15.9. The fourth-order valence-corrected chi connectivity index (χ4v) is 3.42. The number of aryl methyl sites for hydroxylation is 1. The lowest BCUT2D eigenvalue weighted by Crippen LogP contribution is -2.49. The van der Waals surface area contributed by atoms with Gasteiger partial charge in [-0.2, -0.15) is 4.68 Å². The van der Waals surface area contributed by atoms with E-state index in [2.05, 4.69) is 20.4 Å². The van der Waals surface area contributed by atoms with Gasteiger partial charge in [-0.25, -0.2) is 0 Å². The second kappa shape index (κ2) is 7.67. The molecule has 0 radical (unpaired) electrons. The first-order valence-electron chi connectivity index (χ1n) is 9.20. The van der Waals surface area contributed by atoms with Gasteiger partial charge in [0.25, 0.3) is 5.91 Å². The van der Waals surface area contributed by atoms with Gasteiger partial charge in [-0.05, 0) is 53.7 Å². The van der Waals surface area contributed by atoms with E-state index in [4.69, 9.17) is 4.74 Å². The quantitative estimate of drug-likeness (QED) is 0.691. The van der Waals surface area contributed by atoms with Crippen molar-refractivity contribution < 1.29 is 9.53 Å². The highest BCUT2D eigenvalue weighted by molar-refractivity contribution is 5.98. The van der Waals surface area contributed by atoms with E-state index in [0.29, 0.717) is 30.2 Å². The molecule has 3 aromatic rings. The third-order valence-corrected chi connectivity index (χ3v) is 4.99. The molecule has 1 saturated heterocycles. The van der Waals surface area contributed by atoms with Crippen molar-refractivity contribution in [3.05, 3.63) is 59.9 Å². The average Bonchev–Trinajstić information content (AvgIpc) is 3.19. The van der Waals surface area contributed by atoms with Crippen LogP contribution in [-0.4, -0.2) is 64.3 Å². The van der Waals surface area contributed by atoms with Gasteiger partial charge < -0.3 is 14.5 Å². The lowest BCUT2D eigenvalue weighted by atomic mass is 10.1. The largest absolute Gasteiger partial charge is 0.497 e. The molecule has 8 nitrogen and oxygen atoms in total. The topological polar surface area (TPSA) is 76.4 Å². The first-order chi connectivity index (χ1) is 13.7. The number of carbonyl (C=O) groups excluding carboxylic acids is 1. The zero-order valence-electron chi connectivity index (χ0n) is 15.9. The van der Waals surface area contributed by atoms with Crippen LogP contribution in [0.5, 0.6) is 5.75 Å². The number of hydrogen-bond donors (Lipinski definition) is 0. The summed E-state index contributed by atoms with van der Waals surface area (Å²) in [5, 5.41) is 11.6. The molecule has 8 heteroatoms. The first kappa shape index (κ1) is 18.0. The monoisotopic (exact) mass is 378 g/mol. The molecule has 2 aromatic carbocycles. The molecule has 0 aliphatic carbocycles. The number of carbonyl (C=O) groups is 1. The Kier molecular flexibility index (Phi) is 4.92. The van der Waals surface area contributed by atoms with Crippen molar-refractivity contribution in [2.45, 2.75) is 6.92 Å². The number of tetrazole rings is 1. The van der Waals surface area contributed by atoms with Crippen LogP contribution in [0.15, 0.2) is 48.5 Å². The molecule has 144 valence electrons. The minimum absolute atomic E-state index is 0.000110. The molecular formula is C20H22N6O2. The van der Waals surface area contributed by atoms with Crippen LogP contribution in [0, 0.1) is 6.92 Å². The molecule has 2 heterocycles. The number of hydrogen-bond acceptors (Lipinski definition) is 6. The number of rotatable bonds is 4. The van der Waals surface area contributed by atoms with Gasteiger partial charge >= 0.3 is 0 Å². The van der Waals surface area contributed by atoms with E-state index in [0.717, 1.165) is 24.5 Å². The van der Waals surface area contributed by atoms with Crippen LogP contribution in [0.3, 0.4) is 0 Å². The molecule has 0 unspecified atom stereocenters. The van der Waals surface area contributed by atoms with Crippen molar-refractivity contribution in [2.75, 3.05) is 38.2 Å². The summed E-state index contributed by atoms with van der Waals surface area (Å²) in [7, 11) is 1.66. The van der Waals surface area contributed by atoms with Gasteiger partial charge in [-0.1, -0.05) is 12.1 Å². The van der Waals surface area contributed by atoms with Crippen LogP contribution >= 0.6 is 0 Å². The van der Waals surface area contributed by atoms with E-state index in [1.165, 1.54) is 0 Å². The number of benzene rings is 2. The normalized spacial score (nSPS) is 14.2. The summed E-state index contributed by atoms with van der Waals surface area (Å²) in [5.41, 5.74) is 2.45. The van der Waals surface area contributed by atoms with Gasteiger partial charge in [0.2, 0.25) is 0 Å². The molecule has 0 saturated carbocycles. The Labute approximate surface area is 163 Å². The minimum Gasteiger partial charge on any atom is -0.497 e. The number of aromatic nitrogens is 4. The highest BCUT2D eigenvalue weighted by Gasteiger charge is 2.25. The maximum absolute atomic E-state index is 13.2. The van der Waals surface area contributed by atoms with E-state index in [1.807, 2.05) is 60.4 Å². The lowest BCUT2D eigenvalue weighted by Gasteiger charge is -2.36. The molecule has 0 spiro atoms. The number of piperazine rings is 1. The SMILES string of the molecule is COc1ccc(N2CCN(C(=O)c3ccccc3-n3nnnc3C)CC2)cc1. The standard InChI is InChI=1S/C20H22N6O2/c1-15-21-22-23-26(15)19-6-4-3-5-18(19)20(27)25-13-11-24(12-14-25)16-7-9-17(28-2)10-8-16/h3-10H,11-14H2,1-2H3. The second-order valence-corrected chi connectivity index (χ2v) is 6.63. The van der Waals surface area contributed by atoms with E-state index in [-0.39, 0.29) is 5.91 Å². The predicted octanol–water partition coefficient (Wildman–Crippen LogP) is 1.94. The maximum atomic E-state index is 13.2. The third kappa shape index (κ3) is 3.40. The Balaban J connectivity index is 1.48. The molecule has 1 aliphatic heterocycles. The van der Waals surface area contributed by atoms with Crippen molar-refractivity contribution >= 4 is 11.6 Å². The van der Waals surface area contributed by atoms with E-state index >= 15 is 0 Å². The number of amides is 1. The Bertz CT molecular complexity index is 961. The van der Waals surface area contributed by atoms with Gasteiger partial charge in [0.15, 0.2) is 5.82 Å². The smallest absolute Gasteiger partial charge is 0.256 e. The van der Waals surface area contributed by atoms with Crippen LogP contribution < -0.4 is 9.64 Å². The summed E-state index contributed by atoms with van der Waals surface area (Å²) in [6.07, 6.45) is 0. The third-order valence-electron chi connectivity index (χ3n) is 4.99. The fourth-order valence-electron chi connectivity index (χ4n) is 3.42. The Morgan fingerprint density at radius 2 is 1.71 bits per heavy atom. The summed E-state index contributed by atoms with van der Waals surface area (Å²) >= 11 is 0. The van der Waals surface area contributed by atoms with E-state index < -0.39 is 0 Å². The summed E-state index contributed by atoms with van der Waals surface area (Å²) in [6.45, 7) is 4.70. The van der Waals surface area contributed by atoms with Crippen molar-refractivity contribution in [1.29, 1.82) is 0 Å². The number of para-hydroxylation sites is 1. The molecule has 1 amide bonds. The van der Waals surface area contributed by atoms with Crippen molar-refractivity contribution in [1.82, 2.24) is 25.1 Å². The predicted molar refractivity (Wildman–Crippen MR) is 105 cm³/mol. The average molecular weight is 378 g/mol. The summed E-state index contributed by atoms with van der Waals surface area (Å²) < 4.78 is 6.81. The number of anilines is 1. The molecule has 0 N–H and O–H groups in total. The van der Waals surface area contributed by atoms with Crippen molar-refractivity contribution in [3.63, 3.8) is 0 Å². The Morgan fingerprint density at radius 1 is 1.00 bits per heavy atom. The molecule has 1 aromatic heterocycles. The fraction of sp³-hybridized carbons (Fsp3) is 0.300. The van der Waals surface area contributed by atoms with Gasteiger partial charge in [-0.3, -0.25) is 4.79 Å². The zero-order chi connectivity index (χ0) is 19.5. The summed E-state index contributed by atoms with van der Waals surface area (Å²) in [4.78, 5) is 17.3. The number of ether oxygens (including phenoxy) is 1. The Morgan fingerprint density at radius 3 is 2.36 bits per heavy atom. The first-order valence-corrected chi connectivity index (χ1v) is 9.20. The van der Waals surface area contributed by atoms with Gasteiger partial charge in [0, 0.05) is 31.9 Å². The number of methoxy groups -OCH3 is 1. The van der Waals surface area contributed by atoms with Crippen LogP contribution in [0.1, 0.15) is 16.2 Å². The van der Waals surface area contributed by atoms with Gasteiger partial charge in [0.05, 0.1) is 18.4 Å². The molecule has 1 fully saturated rings. The van der Waals surface area contributed by atoms with Crippen LogP contribution in [0.25, 0.3) is 5.69 Å². The summed E-state index contributed by atoms with van der Waals surface area (Å²) in [5.74, 6) is 1.48. The van der Waals surface area contributed by atoms with E-state index in [1.54, 1.807) is 11.8 Å². The Hall–Kier alpha value is -3.42. The molecular weight excluding hydrogens is 356 g/mol. The second-order valence-electron chi connectivity index (χ2n) is 6.63. The van der Waals surface area contributed by atoms with Crippen molar-refractivity contribution in [3.8, 4) is 11.4 Å².